The molecule has 0 saturated carbocycles. The molecular formula is C8H12F2N2O4S. The Labute approximate surface area is 96.7 Å². The monoisotopic (exact) mass is 270 g/mol. The Morgan fingerprint density at radius 3 is 2.71 bits per heavy atom. The van der Waals surface area contributed by atoms with Crippen molar-refractivity contribution in [1.82, 2.24) is 9.88 Å². The van der Waals surface area contributed by atoms with Crippen LogP contribution in [0.25, 0.3) is 0 Å². The molecule has 9 heteroatoms. The lowest BCUT2D eigenvalue weighted by Gasteiger charge is -2.13. The lowest BCUT2D eigenvalue weighted by molar-refractivity contribution is -0.0437. The Balaban J connectivity index is 2.58. The molecule has 1 rings (SSSR count). The summed E-state index contributed by atoms with van der Waals surface area (Å²) in [7, 11) is -3.93. The van der Waals surface area contributed by atoms with E-state index in [1.165, 1.54) is 6.07 Å². The molecule has 2 N–H and O–H groups in total. The number of nitrogens with zero attached hydrogens (tertiary/aromatic N) is 1. The molecule has 0 spiro atoms. The molecule has 0 aromatic carbocycles. The van der Waals surface area contributed by atoms with Crippen molar-refractivity contribution >= 4 is 10.0 Å². The number of aromatic nitrogens is 1. The predicted molar refractivity (Wildman–Crippen MR) is 53.9 cm³/mol. The number of aryl methyl sites for hydroxylation is 1. The zero-order valence-corrected chi connectivity index (χ0v) is 9.80. The molecular weight excluding hydrogens is 258 g/mol. The summed E-state index contributed by atoms with van der Waals surface area (Å²) in [5.41, 5.74) is 0.127. The maximum absolute atomic E-state index is 12.6. The zero-order chi connectivity index (χ0) is 13.1. The predicted octanol–water partition coefficient (Wildman–Crippen LogP) is 0.0300. The number of hydrogen-bond acceptors (Lipinski definition) is 5. The van der Waals surface area contributed by atoms with Crippen molar-refractivity contribution in [3.63, 3.8) is 0 Å². The van der Waals surface area contributed by atoms with Crippen LogP contribution < -0.4 is 4.72 Å². The first-order valence-corrected chi connectivity index (χ1v) is 6.27. The van der Waals surface area contributed by atoms with Crippen LogP contribution in [-0.2, 0) is 15.8 Å². The number of rotatable bonds is 6. The van der Waals surface area contributed by atoms with Gasteiger partial charge < -0.3 is 9.63 Å². The van der Waals surface area contributed by atoms with Gasteiger partial charge in [-0.25, -0.2) is 21.9 Å². The van der Waals surface area contributed by atoms with Crippen LogP contribution in [-0.4, -0.2) is 37.8 Å². The highest BCUT2D eigenvalue weighted by atomic mass is 32.2. The van der Waals surface area contributed by atoms with Crippen LogP contribution in [0.4, 0.5) is 8.78 Å². The van der Waals surface area contributed by atoms with E-state index in [0.29, 0.717) is 5.76 Å². The number of sulfonamides is 1. The highest BCUT2D eigenvalue weighted by molar-refractivity contribution is 7.88. The standard InChI is InChI=1S/C8H12F2N2O4S/c1-6-2-7(12-16-6)3-17(14,15)11-4-8(9,10)5-13/h2,11,13H,3-5H2,1H3. The molecule has 0 amide bonds. The molecule has 6 nitrogen and oxygen atoms in total. The number of aliphatic hydroxyl groups is 1. The SMILES string of the molecule is Cc1cc(CS(=O)(=O)NCC(F)(F)CO)no1. The summed E-state index contributed by atoms with van der Waals surface area (Å²) < 4.78 is 54.3. The number of hydrogen-bond donors (Lipinski definition) is 2. The maximum Gasteiger partial charge on any atom is 0.283 e. The summed E-state index contributed by atoms with van der Waals surface area (Å²) in [6, 6.07) is 1.39. The number of aliphatic hydroxyl groups excluding tert-OH is 1. The minimum Gasteiger partial charge on any atom is -0.390 e. The van der Waals surface area contributed by atoms with Gasteiger partial charge in [0.1, 0.15) is 23.8 Å². The molecule has 1 aromatic heterocycles. The fourth-order valence-corrected chi connectivity index (χ4v) is 2.06. The zero-order valence-electron chi connectivity index (χ0n) is 8.98. The molecule has 0 aliphatic carbocycles. The molecule has 0 aliphatic heterocycles. The highest BCUT2D eigenvalue weighted by Crippen LogP contribution is 2.11. The lowest BCUT2D eigenvalue weighted by atomic mass is 10.4. The van der Waals surface area contributed by atoms with Crippen LogP contribution in [0, 0.1) is 6.92 Å². The maximum atomic E-state index is 12.6. The van der Waals surface area contributed by atoms with E-state index in [0.717, 1.165) is 0 Å². The van der Waals surface area contributed by atoms with Gasteiger partial charge >= 0.3 is 0 Å². The summed E-state index contributed by atoms with van der Waals surface area (Å²) >= 11 is 0. The van der Waals surface area contributed by atoms with E-state index < -0.39 is 34.9 Å². The average Bonchev–Trinajstić information content (AvgIpc) is 2.61. The van der Waals surface area contributed by atoms with E-state index >= 15 is 0 Å². The van der Waals surface area contributed by atoms with Gasteiger partial charge in [0.2, 0.25) is 10.0 Å². The van der Waals surface area contributed by atoms with Gasteiger partial charge in [0, 0.05) is 6.07 Å². The third kappa shape index (κ3) is 4.75. The van der Waals surface area contributed by atoms with Gasteiger partial charge in [0.15, 0.2) is 0 Å². The number of alkyl halides is 2. The lowest BCUT2D eigenvalue weighted by Crippen LogP contribution is -2.39. The molecule has 1 aromatic rings. The van der Waals surface area contributed by atoms with Gasteiger partial charge in [-0.15, -0.1) is 0 Å². The van der Waals surface area contributed by atoms with E-state index in [1.807, 2.05) is 0 Å². The van der Waals surface area contributed by atoms with Crippen LogP contribution in [0.1, 0.15) is 11.5 Å². The molecule has 0 fully saturated rings. The first-order valence-electron chi connectivity index (χ1n) is 4.62. The molecule has 0 saturated heterocycles. The Morgan fingerprint density at radius 2 is 2.24 bits per heavy atom. The van der Waals surface area contributed by atoms with Crippen molar-refractivity contribution in [3.8, 4) is 0 Å². The van der Waals surface area contributed by atoms with Gasteiger partial charge in [0.05, 0.1) is 6.54 Å². The van der Waals surface area contributed by atoms with Crippen molar-refractivity contribution in [2.24, 2.45) is 0 Å². The van der Waals surface area contributed by atoms with Crippen LogP contribution in [0.3, 0.4) is 0 Å². The third-order valence-corrected chi connectivity index (χ3v) is 3.06. The quantitative estimate of drug-likeness (QED) is 0.760. The fourth-order valence-electron chi connectivity index (χ4n) is 1.00. The average molecular weight is 270 g/mol. The van der Waals surface area contributed by atoms with E-state index in [1.54, 1.807) is 11.6 Å². The summed E-state index contributed by atoms with van der Waals surface area (Å²) in [4.78, 5) is 0. The molecule has 0 aliphatic rings. The summed E-state index contributed by atoms with van der Waals surface area (Å²) in [6.45, 7) is -0.988. The second-order valence-corrected chi connectivity index (χ2v) is 5.33. The van der Waals surface area contributed by atoms with Crippen molar-refractivity contribution in [2.75, 3.05) is 13.2 Å². The second kappa shape index (κ2) is 5.07. The Bertz CT molecular complexity index is 472. The van der Waals surface area contributed by atoms with Crippen LogP contribution in [0.15, 0.2) is 10.6 Å². The van der Waals surface area contributed by atoms with Crippen LogP contribution in [0.5, 0.6) is 0 Å². The number of nitrogens with one attached hydrogen (secondary N) is 1. The van der Waals surface area contributed by atoms with E-state index in [2.05, 4.69) is 9.68 Å². The molecule has 0 bridgehead atoms. The highest BCUT2D eigenvalue weighted by Gasteiger charge is 2.30. The topological polar surface area (TPSA) is 92.4 Å². The van der Waals surface area contributed by atoms with E-state index in [9.17, 15) is 17.2 Å². The van der Waals surface area contributed by atoms with Crippen LogP contribution in [0.2, 0.25) is 0 Å². The Kier molecular flexibility index (Phi) is 4.17. The van der Waals surface area contributed by atoms with Gasteiger partial charge in [-0.3, -0.25) is 0 Å². The molecule has 0 radical (unpaired) electrons. The Morgan fingerprint density at radius 1 is 1.59 bits per heavy atom. The van der Waals surface area contributed by atoms with Crippen molar-refractivity contribution in [2.45, 2.75) is 18.6 Å². The van der Waals surface area contributed by atoms with Gasteiger partial charge in [0.25, 0.3) is 5.92 Å². The van der Waals surface area contributed by atoms with Crippen molar-refractivity contribution in [3.05, 3.63) is 17.5 Å². The van der Waals surface area contributed by atoms with Crippen molar-refractivity contribution in [1.29, 1.82) is 0 Å². The van der Waals surface area contributed by atoms with Gasteiger partial charge in [-0.1, -0.05) is 5.16 Å². The first-order chi connectivity index (χ1) is 7.74. The normalized spacial score (nSPS) is 12.9. The third-order valence-electron chi connectivity index (χ3n) is 1.80. The van der Waals surface area contributed by atoms with Crippen LogP contribution >= 0.6 is 0 Å². The minimum atomic E-state index is -3.93. The minimum absolute atomic E-state index is 0.127. The molecule has 98 valence electrons. The second-order valence-electron chi connectivity index (χ2n) is 3.52. The van der Waals surface area contributed by atoms with Gasteiger partial charge in [-0.05, 0) is 6.92 Å². The summed E-state index contributed by atoms with van der Waals surface area (Å²) in [6.07, 6.45) is 0. The van der Waals surface area contributed by atoms with E-state index in [-0.39, 0.29) is 5.69 Å². The first kappa shape index (κ1) is 14.0. The molecule has 0 unspecified atom stereocenters. The van der Waals surface area contributed by atoms with Gasteiger partial charge in [-0.2, -0.15) is 0 Å². The number of halogens is 2. The molecule has 0 atom stereocenters. The summed E-state index contributed by atoms with van der Waals surface area (Å²) in [5.74, 6) is -3.60. The van der Waals surface area contributed by atoms with E-state index in [4.69, 9.17) is 5.11 Å². The largest absolute Gasteiger partial charge is 0.390 e. The molecule has 1 heterocycles. The Hall–Kier alpha value is -1.06. The smallest absolute Gasteiger partial charge is 0.283 e. The fraction of sp³-hybridized carbons (Fsp3) is 0.625. The summed E-state index contributed by atoms with van der Waals surface area (Å²) in [5, 5.41) is 11.7. The van der Waals surface area contributed by atoms with Crippen molar-refractivity contribution < 1.29 is 26.8 Å². The molecule has 17 heavy (non-hydrogen) atoms.